The van der Waals surface area contributed by atoms with E-state index in [1.807, 2.05) is 0 Å². The number of fused-ring (bicyclic) bond motifs is 1. The van der Waals surface area contributed by atoms with E-state index in [1.54, 1.807) is 22.7 Å². The molecule has 2 fully saturated rings. The van der Waals surface area contributed by atoms with Gasteiger partial charge >= 0.3 is 0 Å². The number of halogens is 1. The lowest BCUT2D eigenvalue weighted by atomic mass is 9.78. The Labute approximate surface area is 146 Å². The van der Waals surface area contributed by atoms with Crippen molar-refractivity contribution in [2.24, 2.45) is 17.6 Å². The molecule has 2 N–H and O–H groups in total. The second-order valence-electron chi connectivity index (χ2n) is 6.37. The Morgan fingerprint density at radius 3 is 2.95 bits per heavy atom. The van der Waals surface area contributed by atoms with Crippen LogP contribution in [0.1, 0.15) is 25.0 Å². The average Bonchev–Trinajstić information content (AvgIpc) is 3.18. The molecule has 6 heteroatoms. The van der Waals surface area contributed by atoms with E-state index in [0.717, 1.165) is 24.0 Å². The lowest BCUT2D eigenvalue weighted by Crippen LogP contribution is -2.38. The Hall–Kier alpha value is -0.460. The van der Waals surface area contributed by atoms with Crippen molar-refractivity contribution in [1.29, 1.82) is 0 Å². The van der Waals surface area contributed by atoms with Crippen molar-refractivity contribution in [3.05, 3.63) is 27.9 Å². The number of hydrogen-bond donors (Lipinski definition) is 1. The van der Waals surface area contributed by atoms with Crippen LogP contribution >= 0.6 is 35.1 Å². The second kappa shape index (κ2) is 6.97. The molecule has 120 valence electrons. The van der Waals surface area contributed by atoms with Crippen LogP contribution in [-0.4, -0.2) is 29.0 Å². The molecule has 2 aromatic rings. The van der Waals surface area contributed by atoms with E-state index in [9.17, 15) is 0 Å². The maximum Gasteiger partial charge on any atom is 0.124 e. The van der Waals surface area contributed by atoms with Crippen LogP contribution in [0.25, 0.3) is 10.6 Å². The fraction of sp³-hybridized carbons (Fsp3) is 0.562. The first-order chi connectivity index (χ1) is 10.3. The Morgan fingerprint density at radius 1 is 1.27 bits per heavy atom. The van der Waals surface area contributed by atoms with Crippen LogP contribution in [0.5, 0.6) is 0 Å². The minimum Gasteiger partial charge on any atom is -0.327 e. The summed E-state index contributed by atoms with van der Waals surface area (Å²) in [6.45, 7) is 3.36. The van der Waals surface area contributed by atoms with Gasteiger partial charge in [-0.25, -0.2) is 4.98 Å². The average molecular weight is 356 g/mol. The summed E-state index contributed by atoms with van der Waals surface area (Å²) in [4.78, 5) is 7.37. The smallest absolute Gasteiger partial charge is 0.124 e. The van der Waals surface area contributed by atoms with Gasteiger partial charge in [-0.05, 0) is 36.1 Å². The predicted molar refractivity (Wildman–Crippen MR) is 96.8 cm³/mol. The summed E-state index contributed by atoms with van der Waals surface area (Å²) in [5, 5.41) is 7.66. The summed E-state index contributed by atoms with van der Waals surface area (Å²) in [5.41, 5.74) is 8.78. The van der Waals surface area contributed by atoms with Gasteiger partial charge in [-0.15, -0.1) is 23.7 Å². The summed E-state index contributed by atoms with van der Waals surface area (Å²) in [5.74, 6) is 1.54. The van der Waals surface area contributed by atoms with Crippen LogP contribution in [-0.2, 0) is 6.54 Å². The topological polar surface area (TPSA) is 42.1 Å². The SMILES string of the molecule is Cl.NC1CCCC2CN(Cc3csc(-c4ccsc4)n3)CC12. The molecular formula is C16H22ClN3S2. The number of thiophene rings is 1. The number of nitrogens with zero attached hydrogens (tertiary/aromatic N) is 2. The van der Waals surface area contributed by atoms with Gasteiger partial charge in [0.15, 0.2) is 0 Å². The van der Waals surface area contributed by atoms with E-state index >= 15 is 0 Å². The maximum atomic E-state index is 6.30. The van der Waals surface area contributed by atoms with Crippen LogP contribution in [0, 0.1) is 11.8 Å². The zero-order valence-electron chi connectivity index (χ0n) is 12.5. The monoisotopic (exact) mass is 355 g/mol. The molecule has 2 aliphatic rings. The van der Waals surface area contributed by atoms with Crippen LogP contribution < -0.4 is 5.73 Å². The number of rotatable bonds is 3. The van der Waals surface area contributed by atoms with Crippen LogP contribution in [0.15, 0.2) is 22.2 Å². The molecule has 0 amide bonds. The molecule has 3 nitrogen and oxygen atoms in total. The van der Waals surface area contributed by atoms with Crippen molar-refractivity contribution in [2.75, 3.05) is 13.1 Å². The second-order valence-corrected chi connectivity index (χ2v) is 8.01. The molecule has 2 aromatic heterocycles. The zero-order chi connectivity index (χ0) is 14.2. The number of aromatic nitrogens is 1. The van der Waals surface area contributed by atoms with Crippen LogP contribution in [0.2, 0.25) is 0 Å². The molecule has 1 aliphatic carbocycles. The lowest BCUT2D eigenvalue weighted by molar-refractivity contribution is 0.259. The first-order valence-corrected chi connectivity index (χ1v) is 9.57. The highest BCUT2D eigenvalue weighted by molar-refractivity contribution is 7.14. The highest BCUT2D eigenvalue weighted by atomic mass is 35.5. The zero-order valence-corrected chi connectivity index (χ0v) is 14.9. The highest BCUT2D eigenvalue weighted by Gasteiger charge is 2.38. The minimum atomic E-state index is 0. The predicted octanol–water partition coefficient (Wildman–Crippen LogP) is 3.85. The quantitative estimate of drug-likeness (QED) is 0.909. The fourth-order valence-corrected chi connectivity index (χ4v) is 5.39. The molecule has 22 heavy (non-hydrogen) atoms. The van der Waals surface area contributed by atoms with E-state index in [0.29, 0.717) is 12.0 Å². The first-order valence-electron chi connectivity index (χ1n) is 7.74. The van der Waals surface area contributed by atoms with Gasteiger partial charge in [0.05, 0.1) is 5.69 Å². The van der Waals surface area contributed by atoms with Gasteiger partial charge in [0.2, 0.25) is 0 Å². The van der Waals surface area contributed by atoms with Crippen molar-refractivity contribution >= 4 is 35.1 Å². The molecule has 0 spiro atoms. The highest BCUT2D eigenvalue weighted by Crippen LogP contribution is 2.36. The minimum absolute atomic E-state index is 0. The summed E-state index contributed by atoms with van der Waals surface area (Å²) in [6, 6.07) is 2.57. The van der Waals surface area contributed by atoms with Crippen molar-refractivity contribution in [2.45, 2.75) is 31.8 Å². The summed E-state index contributed by atoms with van der Waals surface area (Å²) in [7, 11) is 0. The van der Waals surface area contributed by atoms with E-state index < -0.39 is 0 Å². The third-order valence-electron chi connectivity index (χ3n) is 4.94. The molecule has 0 bridgehead atoms. The van der Waals surface area contributed by atoms with Gasteiger partial charge < -0.3 is 5.73 Å². The van der Waals surface area contributed by atoms with Crippen molar-refractivity contribution in [3.8, 4) is 10.6 Å². The lowest BCUT2D eigenvalue weighted by Gasteiger charge is -2.29. The van der Waals surface area contributed by atoms with Crippen molar-refractivity contribution in [1.82, 2.24) is 9.88 Å². The van der Waals surface area contributed by atoms with Gasteiger partial charge in [0.1, 0.15) is 5.01 Å². The Bertz CT molecular complexity index is 598. The molecule has 0 radical (unpaired) electrons. The molecule has 3 unspecified atom stereocenters. The fourth-order valence-electron chi connectivity index (χ4n) is 3.87. The number of hydrogen-bond acceptors (Lipinski definition) is 5. The van der Waals surface area contributed by atoms with Gasteiger partial charge in [-0.3, -0.25) is 4.90 Å². The Kier molecular flexibility index (Phi) is 5.20. The van der Waals surface area contributed by atoms with Gasteiger partial charge in [0, 0.05) is 42.0 Å². The van der Waals surface area contributed by atoms with E-state index in [1.165, 1.54) is 37.1 Å². The molecule has 1 saturated carbocycles. The number of nitrogens with two attached hydrogens (primary N) is 1. The van der Waals surface area contributed by atoms with Gasteiger partial charge in [-0.2, -0.15) is 11.3 Å². The number of thiazole rings is 1. The molecule has 3 atom stereocenters. The largest absolute Gasteiger partial charge is 0.327 e. The normalized spacial score (nSPS) is 28.3. The maximum absolute atomic E-state index is 6.30. The first kappa shape index (κ1) is 16.4. The Morgan fingerprint density at radius 2 is 2.18 bits per heavy atom. The Balaban J connectivity index is 0.00000144. The summed E-state index contributed by atoms with van der Waals surface area (Å²) >= 11 is 3.49. The molecule has 1 saturated heterocycles. The standard InChI is InChI=1S/C16H21N3S2.ClH/c17-15-3-1-2-11-6-19(8-14(11)15)7-13-10-21-16(18-13)12-4-5-20-9-12;/h4-5,9-11,14-15H,1-3,6-8,17H2;1H. The molecule has 4 rings (SSSR count). The van der Waals surface area contributed by atoms with Crippen LogP contribution in [0.3, 0.4) is 0 Å². The third kappa shape index (κ3) is 3.24. The van der Waals surface area contributed by atoms with E-state index in [-0.39, 0.29) is 12.4 Å². The van der Waals surface area contributed by atoms with E-state index in [4.69, 9.17) is 10.7 Å². The van der Waals surface area contributed by atoms with Crippen LogP contribution in [0.4, 0.5) is 0 Å². The summed E-state index contributed by atoms with van der Waals surface area (Å²) in [6.07, 6.45) is 3.90. The third-order valence-corrected chi connectivity index (χ3v) is 6.56. The van der Waals surface area contributed by atoms with Gasteiger partial charge in [0.25, 0.3) is 0 Å². The molecule has 3 heterocycles. The molecule has 1 aliphatic heterocycles. The molecular weight excluding hydrogens is 334 g/mol. The van der Waals surface area contributed by atoms with E-state index in [2.05, 4.69) is 27.1 Å². The molecule has 0 aromatic carbocycles. The van der Waals surface area contributed by atoms with Crippen molar-refractivity contribution < 1.29 is 0 Å². The summed E-state index contributed by atoms with van der Waals surface area (Å²) < 4.78 is 0. The van der Waals surface area contributed by atoms with Gasteiger partial charge in [-0.1, -0.05) is 6.42 Å². The van der Waals surface area contributed by atoms with Crippen molar-refractivity contribution in [3.63, 3.8) is 0 Å². The number of likely N-dealkylation sites (tertiary alicyclic amines) is 1.